The fourth-order valence-corrected chi connectivity index (χ4v) is 1.88. The molecule has 88 valence electrons. The maximum absolute atomic E-state index is 11.9. The number of benzene rings is 1. The smallest absolute Gasteiger partial charge is 0.317 e. The first kappa shape index (κ1) is 12.7. The first-order valence-electron chi connectivity index (χ1n) is 5.46. The number of carbonyl (C=O) groups is 1. The molecule has 0 bridgehead atoms. The fourth-order valence-electron chi connectivity index (χ4n) is 1.88. The lowest BCUT2D eigenvalue weighted by Crippen LogP contribution is -2.43. The Labute approximate surface area is 96.6 Å². The Kier molecular flexibility index (Phi) is 4.07. The van der Waals surface area contributed by atoms with Gasteiger partial charge in [0.1, 0.15) is 5.41 Å². The van der Waals surface area contributed by atoms with Crippen LogP contribution in [0, 0.1) is 6.92 Å². The molecule has 0 spiro atoms. The molecule has 0 amide bonds. The second kappa shape index (κ2) is 5.12. The highest BCUT2D eigenvalue weighted by molar-refractivity contribution is 5.83. The number of hydrogen-bond donors (Lipinski definition) is 1. The second-order valence-electron chi connectivity index (χ2n) is 4.00. The summed E-state index contributed by atoms with van der Waals surface area (Å²) in [5.41, 5.74) is 7.15. The Morgan fingerprint density at radius 3 is 2.31 bits per heavy atom. The quantitative estimate of drug-likeness (QED) is 0.788. The van der Waals surface area contributed by atoms with Crippen molar-refractivity contribution in [1.29, 1.82) is 0 Å². The van der Waals surface area contributed by atoms with E-state index in [0.29, 0.717) is 6.42 Å². The van der Waals surface area contributed by atoms with Crippen molar-refractivity contribution in [1.82, 2.24) is 0 Å². The third kappa shape index (κ3) is 2.09. The van der Waals surface area contributed by atoms with Crippen molar-refractivity contribution in [2.24, 2.45) is 5.73 Å². The van der Waals surface area contributed by atoms with Crippen molar-refractivity contribution in [3.05, 3.63) is 35.4 Å². The van der Waals surface area contributed by atoms with Crippen LogP contribution in [0.2, 0.25) is 0 Å². The molecule has 3 heteroatoms. The summed E-state index contributed by atoms with van der Waals surface area (Å²) in [6, 6.07) is 7.86. The first-order valence-corrected chi connectivity index (χ1v) is 5.46. The largest absolute Gasteiger partial charge is 0.468 e. The van der Waals surface area contributed by atoms with Gasteiger partial charge in [0.25, 0.3) is 0 Å². The standard InChI is InChI=1S/C13H19NO2/c1-4-13(9-14,12(15)16-3)11-7-5-10(2)6-8-11/h5-8H,4,9,14H2,1-3H3. The maximum Gasteiger partial charge on any atom is 0.317 e. The molecule has 0 aromatic heterocycles. The number of nitrogens with two attached hydrogens (primary N) is 1. The van der Waals surface area contributed by atoms with Gasteiger partial charge in [-0.25, -0.2) is 0 Å². The molecule has 16 heavy (non-hydrogen) atoms. The summed E-state index contributed by atoms with van der Waals surface area (Å²) < 4.78 is 4.86. The van der Waals surface area contributed by atoms with E-state index in [0.717, 1.165) is 11.1 Å². The molecule has 1 aromatic rings. The Balaban J connectivity index is 3.20. The van der Waals surface area contributed by atoms with Gasteiger partial charge in [-0.05, 0) is 18.9 Å². The van der Waals surface area contributed by atoms with E-state index >= 15 is 0 Å². The van der Waals surface area contributed by atoms with Gasteiger partial charge in [-0.15, -0.1) is 0 Å². The van der Waals surface area contributed by atoms with Crippen LogP contribution in [0.25, 0.3) is 0 Å². The third-order valence-corrected chi connectivity index (χ3v) is 3.13. The SMILES string of the molecule is CCC(CN)(C(=O)OC)c1ccc(C)cc1. The molecule has 0 heterocycles. The van der Waals surface area contributed by atoms with Gasteiger partial charge < -0.3 is 10.5 Å². The fraction of sp³-hybridized carbons (Fsp3) is 0.462. The molecule has 2 N–H and O–H groups in total. The van der Waals surface area contributed by atoms with Crippen molar-refractivity contribution >= 4 is 5.97 Å². The van der Waals surface area contributed by atoms with Crippen LogP contribution in [0.1, 0.15) is 24.5 Å². The zero-order valence-electron chi connectivity index (χ0n) is 10.1. The van der Waals surface area contributed by atoms with Crippen LogP contribution in [0.15, 0.2) is 24.3 Å². The second-order valence-corrected chi connectivity index (χ2v) is 4.00. The van der Waals surface area contributed by atoms with Crippen molar-refractivity contribution in [2.45, 2.75) is 25.7 Å². The zero-order chi connectivity index (χ0) is 12.2. The minimum atomic E-state index is -0.706. The highest BCUT2D eigenvalue weighted by atomic mass is 16.5. The van der Waals surface area contributed by atoms with Crippen LogP contribution >= 0.6 is 0 Å². The summed E-state index contributed by atoms with van der Waals surface area (Å²) in [5, 5.41) is 0. The molecule has 0 saturated carbocycles. The average Bonchev–Trinajstić information content (AvgIpc) is 2.33. The summed E-state index contributed by atoms with van der Waals surface area (Å²) in [4.78, 5) is 11.9. The summed E-state index contributed by atoms with van der Waals surface area (Å²) in [6.45, 7) is 4.22. The number of rotatable bonds is 4. The highest BCUT2D eigenvalue weighted by Crippen LogP contribution is 2.28. The van der Waals surface area contributed by atoms with E-state index in [-0.39, 0.29) is 12.5 Å². The molecule has 0 aliphatic rings. The molecule has 0 aliphatic heterocycles. The van der Waals surface area contributed by atoms with Crippen molar-refractivity contribution in [3.8, 4) is 0 Å². The van der Waals surface area contributed by atoms with E-state index in [1.165, 1.54) is 7.11 Å². The lowest BCUT2D eigenvalue weighted by Gasteiger charge is -2.28. The lowest BCUT2D eigenvalue weighted by molar-refractivity contribution is -0.147. The molecule has 1 rings (SSSR count). The van der Waals surface area contributed by atoms with E-state index in [9.17, 15) is 4.79 Å². The molecule has 0 radical (unpaired) electrons. The van der Waals surface area contributed by atoms with Crippen LogP contribution in [-0.4, -0.2) is 19.6 Å². The monoisotopic (exact) mass is 221 g/mol. The van der Waals surface area contributed by atoms with Crippen LogP contribution in [-0.2, 0) is 14.9 Å². The van der Waals surface area contributed by atoms with Gasteiger partial charge >= 0.3 is 5.97 Å². The first-order chi connectivity index (χ1) is 7.60. The van der Waals surface area contributed by atoms with Crippen LogP contribution in [0.4, 0.5) is 0 Å². The summed E-state index contributed by atoms with van der Waals surface area (Å²) in [5.74, 6) is -0.263. The third-order valence-electron chi connectivity index (χ3n) is 3.13. The van der Waals surface area contributed by atoms with Gasteiger partial charge in [0.15, 0.2) is 0 Å². The number of methoxy groups -OCH3 is 1. The van der Waals surface area contributed by atoms with Crippen LogP contribution in [0.5, 0.6) is 0 Å². The summed E-state index contributed by atoms with van der Waals surface area (Å²) >= 11 is 0. The minimum Gasteiger partial charge on any atom is -0.468 e. The topological polar surface area (TPSA) is 52.3 Å². The van der Waals surface area contributed by atoms with Crippen LogP contribution < -0.4 is 5.73 Å². The maximum atomic E-state index is 11.9. The number of aryl methyl sites for hydroxylation is 1. The van der Waals surface area contributed by atoms with Crippen molar-refractivity contribution in [3.63, 3.8) is 0 Å². The van der Waals surface area contributed by atoms with E-state index in [2.05, 4.69) is 0 Å². The molecule has 0 fully saturated rings. The molecule has 1 unspecified atom stereocenters. The normalized spacial score (nSPS) is 14.2. The number of hydrogen-bond acceptors (Lipinski definition) is 3. The Morgan fingerprint density at radius 1 is 1.38 bits per heavy atom. The van der Waals surface area contributed by atoms with Gasteiger partial charge in [-0.3, -0.25) is 4.79 Å². The molecule has 1 aromatic carbocycles. The van der Waals surface area contributed by atoms with E-state index in [1.54, 1.807) is 0 Å². The van der Waals surface area contributed by atoms with E-state index < -0.39 is 5.41 Å². The van der Waals surface area contributed by atoms with Crippen molar-refractivity contribution < 1.29 is 9.53 Å². The van der Waals surface area contributed by atoms with Crippen LogP contribution in [0.3, 0.4) is 0 Å². The van der Waals surface area contributed by atoms with E-state index in [1.807, 2.05) is 38.1 Å². The summed E-state index contributed by atoms with van der Waals surface area (Å²) in [6.07, 6.45) is 0.638. The molecular formula is C13H19NO2. The number of ether oxygens (including phenoxy) is 1. The number of carbonyl (C=O) groups excluding carboxylic acids is 1. The highest BCUT2D eigenvalue weighted by Gasteiger charge is 2.38. The molecule has 1 atom stereocenters. The van der Waals surface area contributed by atoms with Crippen molar-refractivity contribution in [2.75, 3.05) is 13.7 Å². The van der Waals surface area contributed by atoms with Gasteiger partial charge in [-0.1, -0.05) is 36.8 Å². The summed E-state index contributed by atoms with van der Waals surface area (Å²) in [7, 11) is 1.40. The Hall–Kier alpha value is -1.35. The predicted molar refractivity (Wildman–Crippen MR) is 64.2 cm³/mol. The molecule has 0 aliphatic carbocycles. The predicted octanol–water partition coefficient (Wildman–Crippen LogP) is 1.77. The number of esters is 1. The van der Waals surface area contributed by atoms with E-state index in [4.69, 9.17) is 10.5 Å². The van der Waals surface area contributed by atoms with Gasteiger partial charge in [0, 0.05) is 6.54 Å². The Bertz CT molecular complexity index is 353. The van der Waals surface area contributed by atoms with Gasteiger partial charge in [0.2, 0.25) is 0 Å². The minimum absolute atomic E-state index is 0.263. The molecule has 0 saturated heterocycles. The lowest BCUT2D eigenvalue weighted by atomic mass is 9.78. The Morgan fingerprint density at radius 2 is 1.94 bits per heavy atom. The van der Waals surface area contributed by atoms with Gasteiger partial charge in [0.05, 0.1) is 7.11 Å². The average molecular weight is 221 g/mol. The zero-order valence-corrected chi connectivity index (χ0v) is 10.1. The molecule has 3 nitrogen and oxygen atoms in total. The molecular weight excluding hydrogens is 202 g/mol. The van der Waals surface area contributed by atoms with Gasteiger partial charge in [-0.2, -0.15) is 0 Å².